The van der Waals surface area contributed by atoms with Crippen LogP contribution in [0.25, 0.3) is 0 Å². The summed E-state index contributed by atoms with van der Waals surface area (Å²) in [5.74, 6) is -0.642. The van der Waals surface area contributed by atoms with Crippen LogP contribution in [-0.2, 0) is 9.53 Å². The van der Waals surface area contributed by atoms with E-state index in [0.29, 0.717) is 6.61 Å². The Balaban J connectivity index is 2.80. The van der Waals surface area contributed by atoms with Crippen molar-refractivity contribution in [1.29, 1.82) is 0 Å². The topological polar surface area (TPSA) is 77.0 Å². The Morgan fingerprint density at radius 1 is 1.82 bits per heavy atom. The van der Waals surface area contributed by atoms with Crippen LogP contribution in [0.15, 0.2) is 22.5 Å². The lowest BCUT2D eigenvalue weighted by atomic mass is 10.2. The molecule has 0 fully saturated rings. The van der Waals surface area contributed by atoms with Crippen molar-refractivity contribution in [1.82, 2.24) is 0 Å². The number of hydrogen-bond donors (Lipinski definition) is 1. The molecular formula is C6H9N3O2. The third-order valence-electron chi connectivity index (χ3n) is 1.29. The zero-order chi connectivity index (χ0) is 8.32. The van der Waals surface area contributed by atoms with E-state index in [1.165, 1.54) is 12.3 Å². The molecule has 0 radical (unpaired) electrons. The van der Waals surface area contributed by atoms with Gasteiger partial charge in [0, 0.05) is 12.7 Å². The van der Waals surface area contributed by atoms with Gasteiger partial charge in [0.25, 0.3) is 11.6 Å². The number of amides is 1. The molecule has 1 aliphatic rings. The largest absolute Gasteiger partial charge is 0.365 e. The summed E-state index contributed by atoms with van der Waals surface area (Å²) >= 11 is 0. The number of nitrogens with two attached hydrogens (primary N) is 1. The van der Waals surface area contributed by atoms with E-state index in [1.54, 1.807) is 6.92 Å². The molecule has 0 spiro atoms. The Bertz CT molecular complexity index is 210. The molecule has 5 nitrogen and oxygen atoms in total. The minimum Gasteiger partial charge on any atom is -0.365 e. The van der Waals surface area contributed by atoms with Crippen LogP contribution < -0.4 is 5.73 Å². The molecule has 0 aromatic carbocycles. The molecule has 60 valence electrons. The van der Waals surface area contributed by atoms with Crippen molar-refractivity contribution in [3.8, 4) is 0 Å². The van der Waals surface area contributed by atoms with Crippen molar-refractivity contribution in [2.45, 2.75) is 12.6 Å². The van der Waals surface area contributed by atoms with Gasteiger partial charge in [0.15, 0.2) is 0 Å². The molecule has 1 rings (SSSR count). The molecule has 2 N–H and O–H groups in total. The second kappa shape index (κ2) is 2.79. The molecule has 0 bridgehead atoms. The summed E-state index contributed by atoms with van der Waals surface area (Å²) in [5.41, 5.74) is 3.71. The summed E-state index contributed by atoms with van der Waals surface area (Å²) in [6.45, 7) is 2.12. The van der Waals surface area contributed by atoms with Crippen molar-refractivity contribution in [3.63, 3.8) is 0 Å². The monoisotopic (exact) mass is 155 g/mol. The zero-order valence-corrected chi connectivity index (χ0v) is 6.15. The molecule has 11 heavy (non-hydrogen) atoms. The maximum atomic E-state index is 10.8. The van der Waals surface area contributed by atoms with Crippen LogP contribution in [0.1, 0.15) is 6.92 Å². The number of carbonyl (C=O) groups excluding carboxylic acids is 1. The summed E-state index contributed by atoms with van der Waals surface area (Å²) in [5, 5.41) is 7.07. The van der Waals surface area contributed by atoms with Gasteiger partial charge in [0.1, 0.15) is 0 Å². The third kappa shape index (κ3) is 1.27. The van der Waals surface area contributed by atoms with E-state index in [1.807, 2.05) is 0 Å². The van der Waals surface area contributed by atoms with Crippen LogP contribution in [0.4, 0.5) is 0 Å². The van der Waals surface area contributed by atoms with E-state index in [0.717, 1.165) is 0 Å². The highest BCUT2D eigenvalue weighted by atomic mass is 16.5. The first kappa shape index (κ1) is 7.87. The van der Waals surface area contributed by atoms with Crippen LogP contribution in [-0.4, -0.2) is 18.2 Å². The van der Waals surface area contributed by atoms with Crippen molar-refractivity contribution in [3.05, 3.63) is 12.3 Å². The fraction of sp³-hybridized carbons (Fsp3) is 0.500. The van der Waals surface area contributed by atoms with Crippen LogP contribution >= 0.6 is 0 Å². The molecule has 0 aliphatic carbocycles. The molecule has 5 heteroatoms. The lowest BCUT2D eigenvalue weighted by molar-refractivity contribution is -0.136. The number of ether oxygens (including phenoxy) is 1. The second-order valence-corrected chi connectivity index (χ2v) is 2.02. The fourth-order valence-electron chi connectivity index (χ4n) is 0.786. The predicted molar refractivity (Wildman–Crippen MR) is 37.5 cm³/mol. The van der Waals surface area contributed by atoms with Crippen LogP contribution in [0.3, 0.4) is 0 Å². The van der Waals surface area contributed by atoms with E-state index in [2.05, 4.69) is 10.2 Å². The smallest absolute Gasteiger partial charge is 0.279 e. The average Bonchev–Trinajstić information content (AvgIpc) is 2.38. The van der Waals surface area contributed by atoms with E-state index in [-0.39, 0.29) is 0 Å². The molecule has 0 aromatic heterocycles. The van der Waals surface area contributed by atoms with E-state index in [4.69, 9.17) is 10.5 Å². The Labute approximate surface area is 63.9 Å². The predicted octanol–water partition coefficient (Wildman–Crippen LogP) is 0.184. The number of azo groups is 1. The van der Waals surface area contributed by atoms with Gasteiger partial charge in [-0.25, -0.2) is 0 Å². The minimum atomic E-state index is -1.34. The highest BCUT2D eigenvalue weighted by Crippen LogP contribution is 2.20. The summed E-state index contributed by atoms with van der Waals surface area (Å²) < 4.78 is 5.03. The van der Waals surface area contributed by atoms with Crippen LogP contribution in [0.5, 0.6) is 0 Å². The number of carbonyl (C=O) groups is 1. The Kier molecular flexibility index (Phi) is 2.00. The molecular weight excluding hydrogens is 146 g/mol. The number of hydrogen-bond acceptors (Lipinski definition) is 4. The normalized spacial score (nSPS) is 27.7. The highest BCUT2D eigenvalue weighted by Gasteiger charge is 2.36. The molecule has 1 heterocycles. The molecule has 1 atom stereocenters. The Morgan fingerprint density at radius 3 is 2.91 bits per heavy atom. The van der Waals surface area contributed by atoms with E-state index < -0.39 is 11.6 Å². The summed E-state index contributed by atoms with van der Waals surface area (Å²) in [6.07, 6.45) is 2.82. The van der Waals surface area contributed by atoms with Gasteiger partial charge in [-0.1, -0.05) is 0 Å². The van der Waals surface area contributed by atoms with Crippen molar-refractivity contribution >= 4 is 5.91 Å². The average molecular weight is 155 g/mol. The molecule has 1 unspecified atom stereocenters. The first-order valence-electron chi connectivity index (χ1n) is 3.25. The van der Waals surface area contributed by atoms with Crippen molar-refractivity contribution in [2.24, 2.45) is 16.0 Å². The van der Waals surface area contributed by atoms with Crippen molar-refractivity contribution < 1.29 is 9.53 Å². The van der Waals surface area contributed by atoms with E-state index >= 15 is 0 Å². The molecule has 1 aliphatic heterocycles. The number of primary amides is 1. The Hall–Kier alpha value is -1.23. The molecule has 0 saturated heterocycles. The molecule has 1 amide bonds. The van der Waals surface area contributed by atoms with Gasteiger partial charge in [0.05, 0.1) is 6.20 Å². The first-order valence-corrected chi connectivity index (χ1v) is 3.25. The lowest BCUT2D eigenvalue weighted by Gasteiger charge is -2.17. The standard InChI is InChI=1S/C6H9N3O2/c1-2-11-6(5(7)10)3-4-8-9-6/h3-4H,2H2,1H3,(H2,7,10). The Morgan fingerprint density at radius 2 is 2.55 bits per heavy atom. The molecule has 0 aromatic rings. The SMILES string of the molecule is CCOC1(C(N)=O)C=CN=N1. The van der Waals surface area contributed by atoms with Gasteiger partial charge in [-0.2, -0.15) is 5.11 Å². The van der Waals surface area contributed by atoms with Crippen LogP contribution in [0.2, 0.25) is 0 Å². The highest BCUT2D eigenvalue weighted by molar-refractivity contribution is 5.85. The van der Waals surface area contributed by atoms with E-state index in [9.17, 15) is 4.79 Å². The maximum Gasteiger partial charge on any atom is 0.279 e. The lowest BCUT2D eigenvalue weighted by Crippen LogP contribution is -2.41. The number of rotatable bonds is 3. The summed E-state index contributed by atoms with van der Waals surface area (Å²) in [7, 11) is 0. The fourth-order valence-corrected chi connectivity index (χ4v) is 0.786. The van der Waals surface area contributed by atoms with Gasteiger partial charge in [-0.15, -0.1) is 5.11 Å². The minimum absolute atomic E-state index is 0.367. The molecule has 0 saturated carbocycles. The first-order chi connectivity index (χ1) is 5.21. The van der Waals surface area contributed by atoms with Gasteiger partial charge in [0.2, 0.25) is 0 Å². The van der Waals surface area contributed by atoms with Gasteiger partial charge >= 0.3 is 0 Å². The van der Waals surface area contributed by atoms with Gasteiger partial charge in [-0.3, -0.25) is 4.79 Å². The summed E-state index contributed by atoms with van der Waals surface area (Å²) in [6, 6.07) is 0. The third-order valence-corrected chi connectivity index (χ3v) is 1.29. The van der Waals surface area contributed by atoms with Crippen molar-refractivity contribution in [2.75, 3.05) is 6.61 Å². The van der Waals surface area contributed by atoms with Gasteiger partial charge in [-0.05, 0) is 6.92 Å². The zero-order valence-electron chi connectivity index (χ0n) is 6.15. The summed E-state index contributed by atoms with van der Waals surface area (Å²) in [4.78, 5) is 10.8. The number of nitrogens with zero attached hydrogens (tertiary/aromatic N) is 2. The second-order valence-electron chi connectivity index (χ2n) is 2.02. The maximum absolute atomic E-state index is 10.8. The van der Waals surface area contributed by atoms with Crippen LogP contribution in [0, 0.1) is 0 Å². The quantitative estimate of drug-likeness (QED) is 0.631. The van der Waals surface area contributed by atoms with Gasteiger partial charge < -0.3 is 10.5 Å².